The van der Waals surface area contributed by atoms with E-state index in [9.17, 15) is 0 Å². The third-order valence-corrected chi connectivity index (χ3v) is 4.91. The van der Waals surface area contributed by atoms with Gasteiger partial charge in [0.25, 0.3) is 0 Å². The minimum atomic E-state index is 0.0979. The fraction of sp³-hybridized carbons (Fsp3) is 0.500. The molecule has 0 aliphatic heterocycles. The van der Waals surface area contributed by atoms with E-state index in [1.807, 2.05) is 28.8 Å². The molecule has 10 heteroatoms. The molecule has 5 N–H and O–H groups in total. The van der Waals surface area contributed by atoms with Crippen molar-refractivity contribution in [1.29, 1.82) is 0 Å². The number of ether oxygens (including phenoxy) is 1. The van der Waals surface area contributed by atoms with Gasteiger partial charge in [-0.3, -0.25) is 4.57 Å². The number of hydrogen-bond donors (Lipinski definition) is 5. The van der Waals surface area contributed by atoms with Gasteiger partial charge in [-0.1, -0.05) is 12.1 Å². The monoisotopic (exact) mass is 443 g/mol. The number of aliphatic hydroxyl groups is 2. The van der Waals surface area contributed by atoms with Gasteiger partial charge in [0.1, 0.15) is 5.75 Å². The van der Waals surface area contributed by atoms with Crippen molar-refractivity contribution in [2.45, 2.75) is 39.3 Å². The van der Waals surface area contributed by atoms with Crippen molar-refractivity contribution < 1.29 is 14.9 Å². The number of imidazole rings is 1. The average molecular weight is 444 g/mol. The van der Waals surface area contributed by atoms with E-state index >= 15 is 0 Å². The molecule has 0 aliphatic carbocycles. The van der Waals surface area contributed by atoms with Crippen LogP contribution in [0.5, 0.6) is 5.75 Å². The number of aromatic nitrogens is 4. The van der Waals surface area contributed by atoms with Crippen LogP contribution in [0.15, 0.2) is 24.3 Å². The second-order valence-corrected chi connectivity index (χ2v) is 7.68. The maximum absolute atomic E-state index is 9.12. The molecule has 2 heterocycles. The highest BCUT2D eigenvalue weighted by Gasteiger charge is 2.19. The summed E-state index contributed by atoms with van der Waals surface area (Å²) < 4.78 is 7.26. The van der Waals surface area contributed by atoms with Crippen LogP contribution in [0.2, 0.25) is 0 Å². The van der Waals surface area contributed by atoms with Crippen LogP contribution in [-0.4, -0.2) is 63.1 Å². The Morgan fingerprint density at radius 1 is 0.938 bits per heavy atom. The predicted octanol–water partition coefficient (Wildman–Crippen LogP) is 2.62. The molecule has 0 unspecified atom stereocenters. The lowest BCUT2D eigenvalue weighted by Crippen LogP contribution is -2.13. The smallest absolute Gasteiger partial charge is 0.226 e. The number of benzene rings is 1. The highest BCUT2D eigenvalue weighted by atomic mass is 16.5. The first-order chi connectivity index (χ1) is 15.6. The van der Waals surface area contributed by atoms with E-state index in [2.05, 4.69) is 34.8 Å². The van der Waals surface area contributed by atoms with Gasteiger partial charge in [-0.2, -0.15) is 9.97 Å². The summed E-state index contributed by atoms with van der Waals surface area (Å²) in [5.41, 5.74) is 2.47. The lowest BCUT2D eigenvalue weighted by molar-refractivity contribution is 0.292. The van der Waals surface area contributed by atoms with Crippen molar-refractivity contribution in [1.82, 2.24) is 19.5 Å². The van der Waals surface area contributed by atoms with E-state index in [1.165, 1.54) is 0 Å². The highest BCUT2D eigenvalue weighted by molar-refractivity contribution is 5.86. The summed E-state index contributed by atoms with van der Waals surface area (Å²) in [7, 11) is 1.65. The first kappa shape index (κ1) is 23.6. The molecule has 0 bridgehead atoms. The quantitative estimate of drug-likeness (QED) is 0.253. The summed E-state index contributed by atoms with van der Waals surface area (Å²) in [6.07, 6.45) is 1.23. The topological polar surface area (TPSA) is 129 Å². The van der Waals surface area contributed by atoms with Crippen LogP contribution in [-0.2, 0) is 6.54 Å². The van der Waals surface area contributed by atoms with Crippen molar-refractivity contribution in [3.8, 4) is 5.75 Å². The maximum Gasteiger partial charge on any atom is 0.226 e. The molecule has 2 aromatic heterocycles. The van der Waals surface area contributed by atoms with Crippen LogP contribution in [0.1, 0.15) is 38.3 Å². The molecule has 0 saturated heterocycles. The molecule has 0 aliphatic rings. The Labute approximate surface area is 188 Å². The molecule has 0 fully saturated rings. The minimum Gasteiger partial charge on any atom is -0.497 e. The van der Waals surface area contributed by atoms with Gasteiger partial charge in [-0.15, -0.1) is 0 Å². The Morgan fingerprint density at radius 3 is 2.25 bits per heavy atom. The van der Waals surface area contributed by atoms with Gasteiger partial charge < -0.3 is 30.9 Å². The number of methoxy groups -OCH3 is 1. The third-order valence-electron chi connectivity index (χ3n) is 4.91. The zero-order valence-corrected chi connectivity index (χ0v) is 18.9. The molecule has 0 amide bonds. The average Bonchev–Trinajstić information content (AvgIpc) is 3.17. The molecule has 0 radical (unpaired) electrons. The van der Waals surface area contributed by atoms with E-state index in [0.29, 0.717) is 61.4 Å². The van der Waals surface area contributed by atoms with E-state index < -0.39 is 0 Å². The van der Waals surface area contributed by atoms with E-state index in [4.69, 9.17) is 24.9 Å². The zero-order valence-electron chi connectivity index (χ0n) is 18.9. The molecule has 32 heavy (non-hydrogen) atoms. The summed E-state index contributed by atoms with van der Waals surface area (Å²) in [6, 6.07) is 7.96. The summed E-state index contributed by atoms with van der Waals surface area (Å²) in [4.78, 5) is 14.1. The SMILES string of the molecule is COc1ccc(CNc2nc(NCCCO)nc3c2nc(NCCCO)n3C(C)C)cc1. The Hall–Kier alpha value is -3.11. The highest BCUT2D eigenvalue weighted by Crippen LogP contribution is 2.29. The number of anilines is 3. The third kappa shape index (κ3) is 5.77. The van der Waals surface area contributed by atoms with Crippen LogP contribution in [0.25, 0.3) is 11.2 Å². The van der Waals surface area contributed by atoms with Crippen LogP contribution in [0.4, 0.5) is 17.7 Å². The molecule has 3 aromatic rings. The molecule has 0 atom stereocenters. The summed E-state index contributed by atoms with van der Waals surface area (Å²) >= 11 is 0. The molecule has 174 valence electrons. The predicted molar refractivity (Wildman–Crippen MR) is 126 cm³/mol. The van der Waals surface area contributed by atoms with Crippen LogP contribution in [0, 0.1) is 0 Å². The van der Waals surface area contributed by atoms with Gasteiger partial charge in [-0.05, 0) is 44.4 Å². The van der Waals surface area contributed by atoms with Crippen molar-refractivity contribution in [3.05, 3.63) is 29.8 Å². The number of nitrogens with zero attached hydrogens (tertiary/aromatic N) is 4. The first-order valence-corrected chi connectivity index (χ1v) is 10.9. The van der Waals surface area contributed by atoms with Crippen molar-refractivity contribution >= 4 is 28.9 Å². The van der Waals surface area contributed by atoms with Gasteiger partial charge in [0.05, 0.1) is 7.11 Å². The first-order valence-electron chi connectivity index (χ1n) is 10.9. The fourth-order valence-electron chi connectivity index (χ4n) is 3.28. The lowest BCUT2D eigenvalue weighted by atomic mass is 10.2. The minimum absolute atomic E-state index is 0.0979. The van der Waals surface area contributed by atoms with Crippen LogP contribution < -0.4 is 20.7 Å². The lowest BCUT2D eigenvalue weighted by Gasteiger charge is -2.14. The molecule has 0 spiro atoms. The van der Waals surface area contributed by atoms with Crippen molar-refractivity contribution in [2.24, 2.45) is 0 Å². The molecular formula is C22H33N7O3. The number of aliphatic hydroxyl groups excluding tert-OH is 2. The van der Waals surface area contributed by atoms with Gasteiger partial charge in [0.2, 0.25) is 11.9 Å². The maximum atomic E-state index is 9.12. The van der Waals surface area contributed by atoms with Gasteiger partial charge in [0.15, 0.2) is 17.0 Å². The van der Waals surface area contributed by atoms with Gasteiger partial charge in [-0.25, -0.2) is 4.98 Å². The standard InChI is InChI=1S/C22H33N7O3/c1-15(2)29-20-18(26-22(29)24-11-5-13-31)19(27-21(28-20)23-10-4-12-30)25-14-16-6-8-17(32-3)9-7-16/h6-9,15,30-31H,4-5,10-14H2,1-3H3,(H,24,26)(H2,23,25,27,28). The number of rotatable bonds is 13. The fourth-order valence-corrected chi connectivity index (χ4v) is 3.28. The van der Waals surface area contributed by atoms with Crippen LogP contribution in [0.3, 0.4) is 0 Å². The zero-order chi connectivity index (χ0) is 22.9. The van der Waals surface area contributed by atoms with Gasteiger partial charge in [0, 0.05) is 38.9 Å². The summed E-state index contributed by atoms with van der Waals surface area (Å²) in [6.45, 7) is 6.10. The van der Waals surface area contributed by atoms with E-state index in [-0.39, 0.29) is 19.3 Å². The number of hydrogen-bond acceptors (Lipinski definition) is 9. The second-order valence-electron chi connectivity index (χ2n) is 7.68. The molecule has 1 aromatic carbocycles. The van der Waals surface area contributed by atoms with Crippen molar-refractivity contribution in [2.75, 3.05) is 49.4 Å². The number of fused-ring (bicyclic) bond motifs is 1. The van der Waals surface area contributed by atoms with Crippen molar-refractivity contribution in [3.63, 3.8) is 0 Å². The second kappa shape index (κ2) is 11.5. The Morgan fingerprint density at radius 2 is 1.62 bits per heavy atom. The molecule has 0 saturated carbocycles. The largest absolute Gasteiger partial charge is 0.497 e. The van der Waals surface area contributed by atoms with Crippen LogP contribution >= 0.6 is 0 Å². The molecule has 3 rings (SSSR count). The molecule has 10 nitrogen and oxygen atoms in total. The molecular weight excluding hydrogens is 410 g/mol. The Kier molecular flexibility index (Phi) is 8.46. The Bertz CT molecular complexity index is 989. The number of nitrogens with one attached hydrogen (secondary N) is 3. The van der Waals surface area contributed by atoms with Gasteiger partial charge >= 0.3 is 0 Å². The summed E-state index contributed by atoms with van der Waals surface area (Å²) in [5.74, 6) is 2.61. The summed E-state index contributed by atoms with van der Waals surface area (Å²) in [5, 5.41) is 28.1. The van der Waals surface area contributed by atoms with E-state index in [0.717, 1.165) is 11.3 Å². The normalized spacial score (nSPS) is 11.2. The van der Waals surface area contributed by atoms with E-state index in [1.54, 1.807) is 7.11 Å². The Balaban J connectivity index is 1.95.